The minimum atomic E-state index is -2.80. The summed E-state index contributed by atoms with van der Waals surface area (Å²) < 4.78 is 15.0. The molecule has 0 heterocycles. The third kappa shape index (κ3) is 9.65. The van der Waals surface area contributed by atoms with Crippen LogP contribution in [-0.4, -0.2) is 58.0 Å². The lowest BCUT2D eigenvalue weighted by Crippen LogP contribution is -2.34. The number of hydrogen-bond acceptors (Lipinski definition) is 8. The van der Waals surface area contributed by atoms with Gasteiger partial charge in [0.1, 0.15) is 12.2 Å². The number of carbonyl (C=O) groups excluding carboxylic acids is 3. The summed E-state index contributed by atoms with van der Waals surface area (Å²) in [7, 11) is 4.62. The lowest BCUT2D eigenvalue weighted by Gasteiger charge is -2.39. The number of carbonyl (C=O) groups is 3. The minimum Gasteiger partial charge on any atom is -0.469 e. The zero-order chi connectivity index (χ0) is 27.4. The second-order valence-electron chi connectivity index (χ2n) is 8.22. The van der Waals surface area contributed by atoms with Crippen LogP contribution >= 0.6 is 29.1 Å². The van der Waals surface area contributed by atoms with E-state index in [9.17, 15) is 14.4 Å². The Hall–Kier alpha value is -2.04. The molecule has 8 nitrogen and oxygen atoms in total. The first-order valence-electron chi connectivity index (χ1n) is 11.7. The van der Waals surface area contributed by atoms with Crippen LogP contribution < -0.4 is 4.74 Å². The van der Waals surface area contributed by atoms with Crippen LogP contribution in [0.4, 0.5) is 4.79 Å². The fraction of sp³-hybridized carbons (Fsp3) is 0.400. The molecule has 0 radical (unpaired) electrons. The number of nitrogens with zero attached hydrogens (tertiary/aromatic N) is 3. The average Bonchev–Trinajstić information content (AvgIpc) is 2.91. The highest BCUT2D eigenvalue weighted by molar-refractivity contribution is 8.70. The van der Waals surface area contributed by atoms with Gasteiger partial charge in [0, 0.05) is 19.8 Å². The molecule has 0 aromatic heterocycles. The monoisotopic (exact) mass is 583 g/mol. The fourth-order valence-electron chi connectivity index (χ4n) is 2.86. The third-order valence-corrected chi connectivity index (χ3v) is 15.7. The smallest absolute Gasteiger partial charge is 0.426 e. The summed E-state index contributed by atoms with van der Waals surface area (Å²) in [5.74, 6) is 0.461. The van der Waals surface area contributed by atoms with Gasteiger partial charge in [-0.25, -0.2) is 9.10 Å². The van der Waals surface area contributed by atoms with Gasteiger partial charge in [-0.15, -0.1) is 0 Å². The lowest BCUT2D eigenvalue weighted by molar-refractivity contribution is -0.144. The molecule has 0 fully saturated rings. The van der Waals surface area contributed by atoms with Gasteiger partial charge in [-0.2, -0.15) is 4.08 Å². The Morgan fingerprint density at radius 1 is 1.03 bits per heavy atom. The van der Waals surface area contributed by atoms with Gasteiger partial charge in [0.05, 0.1) is 25.8 Å². The summed E-state index contributed by atoms with van der Waals surface area (Å²) in [6.45, 7) is 4.47. The van der Waals surface area contributed by atoms with Crippen LogP contribution in [0.15, 0.2) is 60.7 Å². The highest BCUT2D eigenvalue weighted by Crippen LogP contribution is 2.66. The minimum absolute atomic E-state index is 0.257. The van der Waals surface area contributed by atoms with E-state index in [0.717, 1.165) is 29.9 Å². The first kappa shape index (κ1) is 31.2. The second-order valence-corrected chi connectivity index (χ2v) is 16.9. The topological polar surface area (TPSA) is 79.4 Å². The number of rotatable bonds is 13. The van der Waals surface area contributed by atoms with Crippen LogP contribution in [0.1, 0.15) is 32.3 Å². The van der Waals surface area contributed by atoms with Crippen molar-refractivity contribution in [3.05, 3.63) is 66.2 Å². The van der Waals surface area contributed by atoms with Gasteiger partial charge in [0.2, 0.25) is 5.91 Å². The van der Waals surface area contributed by atoms with Crippen molar-refractivity contribution >= 4 is 58.8 Å². The number of hydrogen-bond donors (Lipinski definition) is 0. The first-order chi connectivity index (χ1) is 17.6. The number of para-hydroxylation sites is 1. The Morgan fingerprint density at radius 2 is 1.62 bits per heavy atom. The van der Waals surface area contributed by atoms with Crippen molar-refractivity contribution in [2.45, 2.75) is 33.2 Å². The standard InChI is InChI=1S/C25H34N3O5PS3/c1-6-20(2)19-36-34(35,26(3)23(29)17-24(30)32-5)27(4)37-28(18-21-13-9-7-10-14-21)25(31)33-22-15-11-8-12-16-22/h7-16,20H,6,17-19H2,1-5H3. The molecule has 2 atom stereocenters. The van der Waals surface area contributed by atoms with Crippen LogP contribution in [0.25, 0.3) is 0 Å². The van der Waals surface area contributed by atoms with Crippen molar-refractivity contribution < 1.29 is 23.9 Å². The maximum absolute atomic E-state index is 13.3. The lowest BCUT2D eigenvalue weighted by atomic mass is 10.2. The van der Waals surface area contributed by atoms with Gasteiger partial charge < -0.3 is 9.47 Å². The van der Waals surface area contributed by atoms with Gasteiger partial charge in [-0.05, 0) is 35.4 Å². The van der Waals surface area contributed by atoms with Gasteiger partial charge in [0.25, 0.3) is 0 Å². The molecule has 0 aliphatic rings. The molecule has 2 aromatic rings. The maximum Gasteiger partial charge on any atom is 0.426 e. The Kier molecular flexibility index (Phi) is 13.0. The SMILES string of the molecule is CCC(C)CSP(=S)(N(C)SN(Cc1ccccc1)C(=O)Oc1ccccc1)N(C)C(=O)CC(=O)OC. The molecule has 202 valence electrons. The van der Waals surface area contributed by atoms with E-state index in [-0.39, 0.29) is 6.54 Å². The summed E-state index contributed by atoms with van der Waals surface area (Å²) in [4.78, 5) is 38.0. The molecule has 2 rings (SSSR count). The van der Waals surface area contributed by atoms with Crippen molar-refractivity contribution in [2.75, 3.05) is 27.0 Å². The van der Waals surface area contributed by atoms with Gasteiger partial charge >= 0.3 is 12.1 Å². The van der Waals surface area contributed by atoms with E-state index in [1.165, 1.54) is 27.5 Å². The van der Waals surface area contributed by atoms with E-state index < -0.39 is 29.9 Å². The van der Waals surface area contributed by atoms with E-state index in [2.05, 4.69) is 18.6 Å². The molecule has 0 spiro atoms. The van der Waals surface area contributed by atoms with E-state index in [1.54, 1.807) is 42.4 Å². The summed E-state index contributed by atoms with van der Waals surface area (Å²) in [5, 5.41) is 0. The Bertz CT molecular complexity index is 1080. The van der Waals surface area contributed by atoms with E-state index >= 15 is 0 Å². The predicted octanol–water partition coefficient (Wildman–Crippen LogP) is 6.21. The Balaban J connectivity index is 2.33. The van der Waals surface area contributed by atoms with Gasteiger partial charge in [-0.1, -0.05) is 80.2 Å². The molecule has 2 unspecified atom stereocenters. The van der Waals surface area contributed by atoms with Crippen molar-refractivity contribution in [1.29, 1.82) is 0 Å². The fourth-order valence-corrected chi connectivity index (χ4v) is 10.6. The summed E-state index contributed by atoms with van der Waals surface area (Å²) in [5.41, 5.74) is -1.89. The summed E-state index contributed by atoms with van der Waals surface area (Å²) in [6, 6.07) is 18.4. The van der Waals surface area contributed by atoms with E-state index in [4.69, 9.17) is 16.5 Å². The average molecular weight is 584 g/mol. The molecule has 2 aromatic carbocycles. The number of ether oxygens (including phenoxy) is 2. The van der Waals surface area contributed by atoms with Crippen LogP contribution in [0.3, 0.4) is 0 Å². The van der Waals surface area contributed by atoms with Crippen LogP contribution in [0.2, 0.25) is 0 Å². The van der Waals surface area contributed by atoms with Crippen LogP contribution in [0, 0.1) is 5.92 Å². The molecular formula is C25H34N3O5PS3. The van der Waals surface area contributed by atoms with Gasteiger partial charge in [0.15, 0.2) is 5.54 Å². The number of methoxy groups -OCH3 is 1. The molecule has 12 heteroatoms. The van der Waals surface area contributed by atoms with Crippen molar-refractivity contribution in [3.63, 3.8) is 0 Å². The molecule has 2 amide bonds. The summed E-state index contributed by atoms with van der Waals surface area (Å²) >= 11 is 8.75. The number of benzene rings is 2. The molecule has 0 saturated carbocycles. The number of esters is 1. The molecule has 0 aliphatic carbocycles. The molecule has 0 bridgehead atoms. The van der Waals surface area contributed by atoms with Crippen LogP contribution in [-0.2, 0) is 32.7 Å². The normalized spacial score (nSPS) is 13.4. The quantitative estimate of drug-likeness (QED) is 0.118. The zero-order valence-corrected chi connectivity index (χ0v) is 25.1. The molecule has 0 saturated heterocycles. The zero-order valence-electron chi connectivity index (χ0n) is 21.7. The van der Waals surface area contributed by atoms with Crippen molar-refractivity contribution in [1.82, 2.24) is 13.1 Å². The molecular weight excluding hydrogens is 549 g/mol. The Morgan fingerprint density at radius 3 is 2.19 bits per heavy atom. The highest BCUT2D eigenvalue weighted by atomic mass is 32.9. The highest BCUT2D eigenvalue weighted by Gasteiger charge is 2.36. The summed E-state index contributed by atoms with van der Waals surface area (Å²) in [6.07, 6.45) is -0.0101. The van der Waals surface area contributed by atoms with Crippen molar-refractivity contribution in [2.24, 2.45) is 5.92 Å². The molecule has 0 N–H and O–H groups in total. The Labute approximate surface area is 233 Å². The van der Waals surface area contributed by atoms with Gasteiger partial charge in [-0.3, -0.25) is 14.3 Å². The van der Waals surface area contributed by atoms with Crippen LogP contribution in [0.5, 0.6) is 5.75 Å². The molecule has 0 aliphatic heterocycles. The largest absolute Gasteiger partial charge is 0.469 e. The second kappa shape index (κ2) is 15.4. The van der Waals surface area contributed by atoms with Crippen molar-refractivity contribution in [3.8, 4) is 5.75 Å². The molecule has 37 heavy (non-hydrogen) atoms. The maximum atomic E-state index is 13.3. The third-order valence-electron chi connectivity index (χ3n) is 5.38. The first-order valence-corrected chi connectivity index (χ1v) is 16.7. The van der Waals surface area contributed by atoms with E-state index in [0.29, 0.717) is 11.7 Å². The predicted molar refractivity (Wildman–Crippen MR) is 155 cm³/mol. The van der Waals surface area contributed by atoms with E-state index in [1.807, 2.05) is 36.4 Å². The number of amides is 2.